The summed E-state index contributed by atoms with van der Waals surface area (Å²) in [7, 11) is 4.49. The molecule has 0 unspecified atom stereocenters. The third-order valence-electron chi connectivity index (χ3n) is 15.3. The van der Waals surface area contributed by atoms with Gasteiger partial charge in [0, 0.05) is 18.2 Å². The van der Waals surface area contributed by atoms with Gasteiger partial charge in [-0.05, 0) is 102 Å². The van der Waals surface area contributed by atoms with Gasteiger partial charge < -0.3 is 9.67 Å². The standard InChI is InChI=1S/C68H72N3O.Pt/c1-64(2,3)52-38-49(37-50(39-52)60-40-48(35-36-70(60)15)46-31-29-45(30-32-46)44-23-18-16-19-24-44)54-27-22-28-59-61(54)69-63(56-42-53(65(4,5)6)43-57(62(56)72)66(7,8)9)71(59)58-34-33-51(68(13,14)67(10,11)12)41-55(58)47-25-20-17-21-26-47;/h16-36,38-43,72H,15H2,1-14H3;/q-1;+2. The van der Waals surface area contributed by atoms with Crippen LogP contribution in [0, 0.1) is 18.5 Å². The Morgan fingerprint density at radius 1 is 0.493 bits per heavy atom. The van der Waals surface area contributed by atoms with Crippen LogP contribution in [0.2, 0.25) is 0 Å². The van der Waals surface area contributed by atoms with E-state index in [1.54, 1.807) is 0 Å². The Bertz CT molecular complexity index is 3460. The normalized spacial score (nSPS) is 12.5. The van der Waals surface area contributed by atoms with Gasteiger partial charge in [0.15, 0.2) is 0 Å². The molecule has 0 bridgehead atoms. The number of nitrogens with zero attached hydrogens (tertiary/aromatic N) is 3. The zero-order valence-electron chi connectivity index (χ0n) is 45.4. The summed E-state index contributed by atoms with van der Waals surface area (Å²) in [6, 6.07) is 60.6. The Balaban J connectivity index is 0.00000711. The molecule has 0 aliphatic rings. The molecule has 0 amide bonds. The van der Waals surface area contributed by atoms with Gasteiger partial charge in [-0.3, -0.25) is 4.57 Å². The molecule has 1 N–H and O–H groups in total. The van der Waals surface area contributed by atoms with Gasteiger partial charge in [-0.25, -0.2) is 4.98 Å². The number of fused-ring (bicyclic) bond motifs is 1. The molecule has 73 heavy (non-hydrogen) atoms. The predicted molar refractivity (Wildman–Crippen MR) is 304 cm³/mol. The van der Waals surface area contributed by atoms with Crippen molar-refractivity contribution in [3.63, 3.8) is 0 Å². The van der Waals surface area contributed by atoms with E-state index in [2.05, 4.69) is 272 Å². The van der Waals surface area contributed by atoms with Gasteiger partial charge in [0.25, 0.3) is 0 Å². The van der Waals surface area contributed by atoms with Crippen LogP contribution in [0.1, 0.15) is 119 Å². The zero-order valence-corrected chi connectivity index (χ0v) is 47.7. The minimum atomic E-state index is -0.343. The third kappa shape index (κ3) is 10.3. The molecule has 7 aromatic carbocycles. The van der Waals surface area contributed by atoms with Gasteiger partial charge in [0.2, 0.25) is 0 Å². The molecule has 2 aromatic heterocycles. The third-order valence-corrected chi connectivity index (χ3v) is 15.3. The summed E-state index contributed by atoms with van der Waals surface area (Å²) in [5.74, 6) is 0.930. The Hall–Kier alpha value is -6.48. The van der Waals surface area contributed by atoms with Crippen molar-refractivity contribution in [1.29, 1.82) is 0 Å². The first-order valence-electron chi connectivity index (χ1n) is 25.5. The van der Waals surface area contributed by atoms with Crippen LogP contribution in [0.5, 0.6) is 5.75 Å². The average molecular weight is 1140 g/mol. The van der Waals surface area contributed by atoms with Gasteiger partial charge in [-0.15, -0.1) is 29.3 Å². The summed E-state index contributed by atoms with van der Waals surface area (Å²) >= 11 is 0. The maximum absolute atomic E-state index is 12.7. The molecule has 0 radical (unpaired) electrons. The van der Waals surface area contributed by atoms with Crippen molar-refractivity contribution in [2.24, 2.45) is 5.41 Å². The van der Waals surface area contributed by atoms with E-state index in [4.69, 9.17) is 4.98 Å². The van der Waals surface area contributed by atoms with Crippen LogP contribution >= 0.6 is 0 Å². The van der Waals surface area contributed by atoms with Crippen LogP contribution in [0.3, 0.4) is 0 Å². The number of aromatic hydroxyl groups is 1. The van der Waals surface area contributed by atoms with E-state index in [1.807, 2.05) is 10.8 Å². The SMILES string of the molecule is [CH2-][n+]1ccc(-c2ccc(-c3ccccc3)cc2)cc1-c1[c-]c(-c2cccc3c2nc(-c2cc(C(C)(C)C)cc(C(C)(C)C)c2O)n3-c2ccc(C(C)(C)C(C)(C)C)cc2-c2ccccc2)cc(C(C)(C)C)c1.[Pt+2]. The van der Waals surface area contributed by atoms with Gasteiger partial charge in [-0.1, -0.05) is 217 Å². The zero-order chi connectivity index (χ0) is 51.7. The number of para-hydroxylation sites is 1. The molecule has 5 heteroatoms. The number of hydrogen-bond acceptors (Lipinski definition) is 2. The van der Waals surface area contributed by atoms with Crippen molar-refractivity contribution in [1.82, 2.24) is 9.55 Å². The van der Waals surface area contributed by atoms with Crippen molar-refractivity contribution in [3.05, 3.63) is 199 Å². The van der Waals surface area contributed by atoms with Gasteiger partial charge in [0.1, 0.15) is 17.3 Å². The molecular weight excluding hydrogens is 1070 g/mol. The molecule has 0 atom stereocenters. The minimum absolute atomic E-state index is 0. The van der Waals surface area contributed by atoms with E-state index < -0.39 is 0 Å². The van der Waals surface area contributed by atoms with Crippen LogP contribution < -0.4 is 4.57 Å². The van der Waals surface area contributed by atoms with E-state index in [1.165, 1.54) is 22.3 Å². The number of hydrogen-bond donors (Lipinski definition) is 1. The first kappa shape index (κ1) is 52.8. The van der Waals surface area contributed by atoms with Crippen molar-refractivity contribution in [2.45, 2.75) is 119 Å². The number of rotatable bonds is 8. The molecule has 0 aliphatic carbocycles. The quantitative estimate of drug-likeness (QED) is 0.122. The monoisotopic (exact) mass is 1140 g/mol. The van der Waals surface area contributed by atoms with Crippen LogP contribution in [-0.2, 0) is 42.7 Å². The van der Waals surface area contributed by atoms with Crippen LogP contribution in [0.25, 0.3) is 83.9 Å². The van der Waals surface area contributed by atoms with Crippen molar-refractivity contribution >= 4 is 11.0 Å². The number of phenols is 1. The van der Waals surface area contributed by atoms with E-state index in [-0.39, 0.29) is 53.9 Å². The predicted octanol–water partition coefficient (Wildman–Crippen LogP) is 17.7. The number of phenolic OH excluding ortho intramolecular Hbond substituents is 1. The second kappa shape index (κ2) is 19.4. The Morgan fingerprint density at radius 2 is 1.04 bits per heavy atom. The topological polar surface area (TPSA) is 41.9 Å². The summed E-state index contributed by atoms with van der Waals surface area (Å²) in [5, 5.41) is 12.7. The molecule has 0 saturated heterocycles. The number of pyridine rings is 1. The number of imidazole rings is 1. The molecule has 0 spiro atoms. The molecule has 0 aliphatic heterocycles. The molecule has 2 heterocycles. The van der Waals surface area contributed by atoms with Crippen LogP contribution in [0.4, 0.5) is 0 Å². The Morgan fingerprint density at radius 3 is 1.63 bits per heavy atom. The molecule has 4 nitrogen and oxygen atoms in total. The molecule has 374 valence electrons. The average Bonchev–Trinajstić information content (AvgIpc) is 3.72. The second-order valence-corrected chi connectivity index (χ2v) is 24.5. The fraction of sp³-hybridized carbons (Fsp3) is 0.279. The van der Waals surface area contributed by atoms with Crippen LogP contribution in [-0.4, -0.2) is 14.7 Å². The first-order valence-corrected chi connectivity index (χ1v) is 25.5. The molecule has 0 fully saturated rings. The Labute approximate surface area is 450 Å². The smallest absolute Gasteiger partial charge is 0.507 e. The maximum atomic E-state index is 12.7. The second-order valence-electron chi connectivity index (χ2n) is 24.5. The fourth-order valence-corrected chi connectivity index (χ4v) is 9.67. The molecule has 9 aromatic rings. The first-order chi connectivity index (χ1) is 33.8. The fourth-order valence-electron chi connectivity index (χ4n) is 9.67. The van der Waals surface area contributed by atoms with Crippen molar-refractivity contribution < 1.29 is 30.7 Å². The van der Waals surface area contributed by atoms with Gasteiger partial charge >= 0.3 is 21.1 Å². The summed E-state index contributed by atoms with van der Waals surface area (Å²) in [5.41, 5.74) is 17.6. The van der Waals surface area contributed by atoms with E-state index >= 15 is 0 Å². The van der Waals surface area contributed by atoms with Crippen molar-refractivity contribution in [2.75, 3.05) is 0 Å². The molecular formula is C68H72N3OPt+. The molecule has 9 rings (SSSR count). The summed E-state index contributed by atoms with van der Waals surface area (Å²) in [6.45, 7) is 31.7. The van der Waals surface area contributed by atoms with E-state index in [0.29, 0.717) is 11.4 Å². The summed E-state index contributed by atoms with van der Waals surface area (Å²) in [4.78, 5) is 5.75. The number of aromatic nitrogens is 3. The number of benzene rings is 7. The Kier molecular flexibility index (Phi) is 14.1. The van der Waals surface area contributed by atoms with Crippen LogP contribution in [0.15, 0.2) is 164 Å². The minimum Gasteiger partial charge on any atom is -0.507 e. The molecule has 0 saturated carbocycles. The van der Waals surface area contributed by atoms with Gasteiger partial charge in [0.05, 0.1) is 28.5 Å². The van der Waals surface area contributed by atoms with Crippen molar-refractivity contribution in [3.8, 4) is 78.6 Å². The van der Waals surface area contributed by atoms with Gasteiger partial charge in [-0.2, -0.15) is 0 Å². The maximum Gasteiger partial charge on any atom is 2.00 e. The summed E-state index contributed by atoms with van der Waals surface area (Å²) in [6.07, 6.45) is 2.05. The van der Waals surface area contributed by atoms with E-state index in [9.17, 15) is 5.11 Å². The largest absolute Gasteiger partial charge is 2.00 e. The summed E-state index contributed by atoms with van der Waals surface area (Å²) < 4.78 is 4.25. The van der Waals surface area contributed by atoms with E-state index in [0.717, 1.165) is 72.5 Å².